The van der Waals surface area contributed by atoms with E-state index in [0.29, 0.717) is 39.9 Å². The highest BCUT2D eigenvalue weighted by molar-refractivity contribution is 6.30. The summed E-state index contributed by atoms with van der Waals surface area (Å²) < 4.78 is 55.9. The molecule has 0 bridgehead atoms. The van der Waals surface area contributed by atoms with Crippen molar-refractivity contribution in [1.29, 1.82) is 0 Å². The second kappa shape index (κ2) is 8.55. The second-order valence-corrected chi connectivity index (χ2v) is 7.67. The van der Waals surface area contributed by atoms with E-state index >= 15 is 0 Å². The Morgan fingerprint density at radius 2 is 2.06 bits per heavy atom. The first-order valence-electron chi connectivity index (χ1n) is 9.61. The predicted molar refractivity (Wildman–Crippen MR) is 105 cm³/mol. The van der Waals surface area contributed by atoms with Crippen LogP contribution in [0, 0.1) is 13.8 Å². The Hall–Kier alpha value is -2.92. The molecule has 4 rings (SSSR count). The third kappa shape index (κ3) is 4.49. The van der Waals surface area contributed by atoms with Crippen LogP contribution in [0.2, 0.25) is 5.02 Å². The van der Waals surface area contributed by atoms with Crippen molar-refractivity contribution in [3.05, 3.63) is 51.1 Å². The molecule has 3 heterocycles. The Morgan fingerprint density at radius 3 is 2.81 bits per heavy atom. The zero-order valence-electron chi connectivity index (χ0n) is 17.1. The first kappa shape index (κ1) is 22.3. The Labute approximate surface area is 185 Å². The Bertz CT molecular complexity index is 1200. The lowest BCUT2D eigenvalue weighted by Gasteiger charge is -2.21. The van der Waals surface area contributed by atoms with Crippen LogP contribution in [0.4, 0.5) is 13.2 Å². The number of carbonyl (C=O) groups excluding carboxylic acids is 1. The molecule has 1 aliphatic rings. The van der Waals surface area contributed by atoms with Crippen LogP contribution in [0.15, 0.2) is 12.1 Å². The lowest BCUT2D eigenvalue weighted by atomic mass is 10.1. The highest BCUT2D eigenvalue weighted by Gasteiger charge is 2.37. The number of rotatable bonds is 5. The number of halogens is 4. The monoisotopic (exact) mass is 470 g/mol. The van der Waals surface area contributed by atoms with Gasteiger partial charge in [0.05, 0.1) is 6.61 Å². The van der Waals surface area contributed by atoms with Crippen molar-refractivity contribution < 1.29 is 32.2 Å². The summed E-state index contributed by atoms with van der Waals surface area (Å²) in [6.07, 6.45) is -4.45. The van der Waals surface area contributed by atoms with Gasteiger partial charge in [0.2, 0.25) is 0 Å². The molecule has 2 aromatic heterocycles. The van der Waals surface area contributed by atoms with Crippen LogP contribution < -0.4 is 4.74 Å². The van der Waals surface area contributed by atoms with Gasteiger partial charge in [0.25, 0.3) is 11.6 Å². The summed E-state index contributed by atoms with van der Waals surface area (Å²) >= 11 is 6.11. The zero-order valence-corrected chi connectivity index (χ0v) is 17.9. The summed E-state index contributed by atoms with van der Waals surface area (Å²) in [6.45, 7) is 3.67. The summed E-state index contributed by atoms with van der Waals surface area (Å²) in [6, 6.07) is 3.39. The standard InChI is InChI=1S/C20H18ClF3N4O4/c1-10-15(11(2)28-19(25-10)26-18(27-28)20(22,23)24)3-4-16(29)31-8-13-6-14(21)5-12-7-30-9-32-17(12)13/h5-6H,3-4,7-9H2,1-2H3. The minimum absolute atomic E-state index is 0.00240. The average Bonchev–Trinajstić information content (AvgIpc) is 3.16. The molecule has 1 aromatic carbocycles. The topological polar surface area (TPSA) is 87.8 Å². The van der Waals surface area contributed by atoms with Crippen LogP contribution in [0.3, 0.4) is 0 Å². The maximum atomic E-state index is 12.9. The molecule has 0 saturated heterocycles. The van der Waals surface area contributed by atoms with Crippen LogP contribution in [0.1, 0.15) is 40.3 Å². The quantitative estimate of drug-likeness (QED) is 0.521. The molecule has 0 amide bonds. The number of nitrogens with zero attached hydrogens (tertiary/aromatic N) is 4. The van der Waals surface area contributed by atoms with Crippen molar-refractivity contribution in [2.24, 2.45) is 0 Å². The summed E-state index contributed by atoms with van der Waals surface area (Å²) in [5, 5.41) is 3.98. The maximum Gasteiger partial charge on any atom is 0.453 e. The van der Waals surface area contributed by atoms with Crippen molar-refractivity contribution in [1.82, 2.24) is 19.6 Å². The van der Waals surface area contributed by atoms with Crippen LogP contribution >= 0.6 is 11.6 Å². The Balaban J connectivity index is 1.45. The molecule has 0 aliphatic carbocycles. The minimum atomic E-state index is -4.67. The number of aryl methyl sites for hydroxylation is 2. The normalized spacial score (nSPS) is 13.7. The van der Waals surface area contributed by atoms with Gasteiger partial charge in [-0.05, 0) is 38.0 Å². The van der Waals surface area contributed by atoms with E-state index in [1.54, 1.807) is 26.0 Å². The molecule has 170 valence electrons. The molecule has 0 N–H and O–H groups in total. The third-order valence-corrected chi connectivity index (χ3v) is 5.24. The third-order valence-electron chi connectivity index (χ3n) is 5.02. The van der Waals surface area contributed by atoms with E-state index in [2.05, 4.69) is 15.1 Å². The zero-order chi connectivity index (χ0) is 23.0. The van der Waals surface area contributed by atoms with Gasteiger partial charge < -0.3 is 14.2 Å². The van der Waals surface area contributed by atoms with Crippen LogP contribution in [-0.2, 0) is 40.1 Å². The molecule has 32 heavy (non-hydrogen) atoms. The summed E-state index contributed by atoms with van der Waals surface area (Å²) in [4.78, 5) is 19.9. The molecule has 12 heteroatoms. The van der Waals surface area contributed by atoms with Crippen LogP contribution in [0.25, 0.3) is 5.78 Å². The molecule has 0 spiro atoms. The maximum absolute atomic E-state index is 12.9. The van der Waals surface area contributed by atoms with Gasteiger partial charge in [-0.25, -0.2) is 9.50 Å². The van der Waals surface area contributed by atoms with Crippen molar-refractivity contribution >= 4 is 23.3 Å². The number of hydrogen-bond donors (Lipinski definition) is 0. The number of benzene rings is 1. The highest BCUT2D eigenvalue weighted by atomic mass is 35.5. The summed E-state index contributed by atoms with van der Waals surface area (Å²) in [5.74, 6) is -1.31. The van der Waals surface area contributed by atoms with Gasteiger partial charge in [-0.2, -0.15) is 18.2 Å². The highest BCUT2D eigenvalue weighted by Crippen LogP contribution is 2.32. The molecule has 3 aromatic rings. The van der Waals surface area contributed by atoms with Crippen molar-refractivity contribution in [3.8, 4) is 5.75 Å². The Morgan fingerprint density at radius 1 is 1.28 bits per heavy atom. The van der Waals surface area contributed by atoms with E-state index in [1.807, 2.05) is 0 Å². The van der Waals surface area contributed by atoms with Crippen molar-refractivity contribution in [2.45, 2.75) is 46.1 Å². The fraction of sp³-hybridized carbons (Fsp3) is 0.400. The van der Waals surface area contributed by atoms with Crippen LogP contribution in [-0.4, -0.2) is 32.3 Å². The lowest BCUT2D eigenvalue weighted by molar-refractivity contribution is -0.145. The molecule has 0 fully saturated rings. The van der Waals surface area contributed by atoms with E-state index in [0.717, 1.165) is 10.1 Å². The van der Waals surface area contributed by atoms with Gasteiger partial charge in [-0.15, -0.1) is 5.10 Å². The smallest absolute Gasteiger partial charge is 0.453 e. The van der Waals surface area contributed by atoms with Gasteiger partial charge in [0.1, 0.15) is 12.4 Å². The number of esters is 1. The van der Waals surface area contributed by atoms with Crippen molar-refractivity contribution in [3.63, 3.8) is 0 Å². The minimum Gasteiger partial charge on any atom is -0.467 e. The second-order valence-electron chi connectivity index (χ2n) is 7.23. The van der Waals surface area contributed by atoms with Gasteiger partial charge >= 0.3 is 12.1 Å². The molecule has 0 saturated carbocycles. The van der Waals surface area contributed by atoms with E-state index in [9.17, 15) is 18.0 Å². The van der Waals surface area contributed by atoms with Gasteiger partial charge in [0.15, 0.2) is 6.79 Å². The number of fused-ring (bicyclic) bond motifs is 2. The largest absolute Gasteiger partial charge is 0.467 e. The first-order valence-corrected chi connectivity index (χ1v) is 9.99. The van der Waals surface area contributed by atoms with E-state index in [1.165, 1.54) is 0 Å². The molecule has 0 atom stereocenters. The van der Waals surface area contributed by atoms with E-state index < -0.39 is 18.0 Å². The summed E-state index contributed by atoms with van der Waals surface area (Å²) in [5.41, 5.74) is 2.91. The fourth-order valence-corrected chi connectivity index (χ4v) is 3.78. The predicted octanol–water partition coefficient (Wildman–Crippen LogP) is 3.96. The lowest BCUT2D eigenvalue weighted by Crippen LogP contribution is -2.15. The summed E-state index contributed by atoms with van der Waals surface area (Å²) in [7, 11) is 0. The average molecular weight is 471 g/mol. The number of alkyl halides is 3. The first-order chi connectivity index (χ1) is 15.1. The molecule has 1 aliphatic heterocycles. The Kier molecular flexibility index (Phi) is 5.95. The molecule has 0 unspecified atom stereocenters. The van der Waals surface area contributed by atoms with E-state index in [4.69, 9.17) is 25.8 Å². The number of aromatic nitrogens is 4. The van der Waals surface area contributed by atoms with Crippen LogP contribution in [0.5, 0.6) is 5.75 Å². The van der Waals surface area contributed by atoms with Crippen molar-refractivity contribution in [2.75, 3.05) is 6.79 Å². The van der Waals surface area contributed by atoms with Gasteiger partial charge in [-0.1, -0.05) is 11.6 Å². The van der Waals surface area contributed by atoms with E-state index in [-0.39, 0.29) is 32.0 Å². The number of ether oxygens (including phenoxy) is 3. The number of carbonyl (C=O) groups is 1. The molecular formula is C20H18ClF3N4O4. The molecule has 0 radical (unpaired) electrons. The molecule has 8 nitrogen and oxygen atoms in total. The number of hydrogen-bond acceptors (Lipinski definition) is 7. The molecular weight excluding hydrogens is 453 g/mol. The van der Waals surface area contributed by atoms with Gasteiger partial charge in [0, 0.05) is 34.0 Å². The van der Waals surface area contributed by atoms with Gasteiger partial charge in [-0.3, -0.25) is 4.79 Å². The fourth-order valence-electron chi connectivity index (χ4n) is 3.51. The SMILES string of the molecule is Cc1nc2nc(C(F)(F)F)nn2c(C)c1CCC(=O)OCc1cc(Cl)cc2c1OCOC2.